The minimum absolute atomic E-state index is 0.182. The van der Waals surface area contributed by atoms with E-state index >= 15 is 0 Å². The van der Waals surface area contributed by atoms with Gasteiger partial charge in [0.1, 0.15) is 11.5 Å². The van der Waals surface area contributed by atoms with Crippen molar-refractivity contribution < 1.29 is 48.0 Å². The molecule has 0 aromatic heterocycles. The maximum absolute atomic E-state index is 11.6. The van der Waals surface area contributed by atoms with E-state index in [0.717, 1.165) is 38.5 Å². The number of methoxy groups -OCH3 is 2. The number of amides is 2. The number of ether oxygens (including phenoxy) is 5. The average molecular weight is 575 g/mol. The molecular formula is C26H39ClN2O10. The predicted octanol–water partition coefficient (Wildman–Crippen LogP) is 3.77. The molecule has 0 aromatic carbocycles. The van der Waals surface area contributed by atoms with E-state index in [1.807, 2.05) is 0 Å². The van der Waals surface area contributed by atoms with Crippen LogP contribution in [0.3, 0.4) is 0 Å². The van der Waals surface area contributed by atoms with Crippen LogP contribution in [0.2, 0.25) is 0 Å². The number of hydrogen-bond donors (Lipinski definition) is 3. The molecule has 2 heterocycles. The second-order valence-electron chi connectivity index (χ2n) is 9.51. The third kappa shape index (κ3) is 9.11. The lowest BCUT2D eigenvalue weighted by molar-refractivity contribution is -0.118. The van der Waals surface area contributed by atoms with Crippen LogP contribution in [0.1, 0.15) is 65.2 Å². The largest absolute Gasteiger partial charge is 0.513 e. The van der Waals surface area contributed by atoms with E-state index in [4.69, 9.17) is 30.5 Å². The van der Waals surface area contributed by atoms with Gasteiger partial charge in [0.15, 0.2) is 0 Å². The SMILES string of the molecule is CCOC(=O)Cl.CCOC(=O)OC1=CC(=O)NC12CCC(OC)CC2.COC1CCC2(CC1)NC(=O)C=C2O. The van der Waals surface area contributed by atoms with Gasteiger partial charge in [0.2, 0.25) is 11.8 Å². The summed E-state index contributed by atoms with van der Waals surface area (Å²) in [5.41, 5.74) is -1.79. The first kappa shape index (κ1) is 32.4. The van der Waals surface area contributed by atoms with Gasteiger partial charge < -0.3 is 39.4 Å². The number of halogens is 1. The van der Waals surface area contributed by atoms with Crippen LogP contribution in [0.4, 0.5) is 9.59 Å². The fraction of sp³-hybridized carbons (Fsp3) is 0.692. The highest BCUT2D eigenvalue weighted by atomic mass is 35.5. The monoisotopic (exact) mass is 574 g/mol. The van der Waals surface area contributed by atoms with Gasteiger partial charge in [-0.1, -0.05) is 0 Å². The molecule has 0 radical (unpaired) electrons. The van der Waals surface area contributed by atoms with Crippen LogP contribution in [-0.2, 0) is 33.3 Å². The minimum atomic E-state index is -0.765. The van der Waals surface area contributed by atoms with E-state index in [-0.39, 0.29) is 36.4 Å². The molecule has 0 atom stereocenters. The summed E-state index contributed by atoms with van der Waals surface area (Å²) in [5.74, 6) is 0.149. The Morgan fingerprint density at radius 2 is 1.33 bits per heavy atom. The molecule has 0 saturated heterocycles. The van der Waals surface area contributed by atoms with Crippen LogP contribution >= 0.6 is 11.6 Å². The van der Waals surface area contributed by atoms with Crippen LogP contribution in [0.5, 0.6) is 0 Å². The predicted molar refractivity (Wildman–Crippen MR) is 140 cm³/mol. The van der Waals surface area contributed by atoms with Gasteiger partial charge in [-0.2, -0.15) is 0 Å². The molecule has 13 heteroatoms. The summed E-state index contributed by atoms with van der Waals surface area (Å²) >= 11 is 4.72. The van der Waals surface area contributed by atoms with Gasteiger partial charge in [0.05, 0.1) is 36.5 Å². The van der Waals surface area contributed by atoms with E-state index in [9.17, 15) is 24.3 Å². The first-order valence-corrected chi connectivity index (χ1v) is 13.4. The van der Waals surface area contributed by atoms with Gasteiger partial charge in [-0.05, 0) is 65.2 Å². The quantitative estimate of drug-likeness (QED) is 0.326. The fourth-order valence-corrected chi connectivity index (χ4v) is 5.17. The molecule has 0 bridgehead atoms. The first-order valence-electron chi connectivity index (χ1n) is 13.0. The number of aliphatic hydroxyl groups is 1. The van der Waals surface area contributed by atoms with Gasteiger partial charge in [-0.15, -0.1) is 0 Å². The topological polar surface area (TPSA) is 159 Å². The van der Waals surface area contributed by atoms with Gasteiger partial charge in [0, 0.05) is 38.0 Å². The molecular weight excluding hydrogens is 536 g/mol. The number of aliphatic hydroxyl groups excluding tert-OH is 1. The third-order valence-corrected chi connectivity index (χ3v) is 7.28. The number of carbonyl (C=O) groups is 4. The Bertz CT molecular complexity index is 935. The van der Waals surface area contributed by atoms with Crippen LogP contribution < -0.4 is 10.6 Å². The molecule has 4 aliphatic rings. The smallest absolute Gasteiger partial charge is 0.510 e. The fourth-order valence-electron chi connectivity index (χ4n) is 5.06. The van der Waals surface area contributed by atoms with Crippen molar-refractivity contribution in [3.63, 3.8) is 0 Å². The van der Waals surface area contributed by atoms with Crippen molar-refractivity contribution in [2.24, 2.45) is 0 Å². The first-order chi connectivity index (χ1) is 18.5. The van der Waals surface area contributed by atoms with E-state index in [0.29, 0.717) is 25.2 Å². The maximum Gasteiger partial charge on any atom is 0.513 e. The van der Waals surface area contributed by atoms with Crippen molar-refractivity contribution in [3.05, 3.63) is 23.7 Å². The lowest BCUT2D eigenvalue weighted by Crippen LogP contribution is -2.49. The molecule has 2 aliphatic carbocycles. The van der Waals surface area contributed by atoms with Crippen LogP contribution in [0.15, 0.2) is 23.7 Å². The van der Waals surface area contributed by atoms with Gasteiger partial charge in [-0.3, -0.25) is 9.59 Å². The summed E-state index contributed by atoms with van der Waals surface area (Å²) in [6.45, 7) is 3.99. The summed E-state index contributed by atoms with van der Waals surface area (Å²) in [5, 5.41) is 15.4. The highest BCUT2D eigenvalue weighted by molar-refractivity contribution is 6.61. The molecule has 12 nitrogen and oxygen atoms in total. The second-order valence-corrected chi connectivity index (χ2v) is 9.82. The van der Waals surface area contributed by atoms with Gasteiger partial charge >= 0.3 is 11.6 Å². The zero-order valence-electron chi connectivity index (χ0n) is 22.9. The van der Waals surface area contributed by atoms with Crippen molar-refractivity contribution in [3.8, 4) is 0 Å². The summed E-state index contributed by atoms with van der Waals surface area (Å²) < 4.78 is 24.6. The highest BCUT2D eigenvalue weighted by Gasteiger charge is 2.46. The number of hydrogen-bond acceptors (Lipinski definition) is 10. The Kier molecular flexibility index (Phi) is 12.5. The molecule has 2 spiro atoms. The number of carbonyl (C=O) groups excluding carboxylic acids is 4. The normalized spacial score (nSPS) is 29.1. The summed E-state index contributed by atoms with van der Waals surface area (Å²) in [6.07, 6.45) is 8.65. The Morgan fingerprint density at radius 3 is 1.72 bits per heavy atom. The van der Waals surface area contributed by atoms with E-state index < -0.39 is 22.7 Å². The molecule has 220 valence electrons. The minimum Gasteiger partial charge on any atom is -0.510 e. The van der Waals surface area contributed by atoms with E-state index in [1.165, 1.54) is 12.2 Å². The maximum atomic E-state index is 11.6. The molecule has 4 rings (SSSR count). The van der Waals surface area contributed by atoms with Crippen molar-refractivity contribution in [2.45, 2.75) is 88.5 Å². The summed E-state index contributed by atoms with van der Waals surface area (Å²) in [6, 6.07) is 0. The molecule has 0 aromatic rings. The Labute approximate surface area is 233 Å². The molecule has 39 heavy (non-hydrogen) atoms. The Hall–Kier alpha value is -2.83. The zero-order chi connectivity index (χ0) is 29.1. The molecule has 3 N–H and O–H groups in total. The molecule has 0 unspecified atom stereocenters. The number of nitrogens with one attached hydrogen (secondary N) is 2. The van der Waals surface area contributed by atoms with E-state index in [2.05, 4.69) is 15.4 Å². The molecule has 2 saturated carbocycles. The second kappa shape index (κ2) is 15.1. The Balaban J connectivity index is 0.000000234. The molecule has 2 aliphatic heterocycles. The lowest BCUT2D eigenvalue weighted by Gasteiger charge is -2.37. The van der Waals surface area contributed by atoms with Crippen molar-refractivity contribution in [1.29, 1.82) is 0 Å². The lowest BCUT2D eigenvalue weighted by atomic mass is 9.80. The van der Waals surface area contributed by atoms with Gasteiger partial charge in [0.25, 0.3) is 0 Å². The Morgan fingerprint density at radius 1 is 0.872 bits per heavy atom. The van der Waals surface area contributed by atoms with Crippen LogP contribution in [0.25, 0.3) is 0 Å². The zero-order valence-corrected chi connectivity index (χ0v) is 23.6. The molecule has 2 amide bonds. The molecule has 2 fully saturated rings. The highest BCUT2D eigenvalue weighted by Crippen LogP contribution is 2.39. The summed E-state index contributed by atoms with van der Waals surface area (Å²) in [7, 11) is 3.38. The van der Waals surface area contributed by atoms with Crippen molar-refractivity contribution >= 4 is 35.0 Å². The van der Waals surface area contributed by atoms with Crippen LogP contribution in [0, 0.1) is 0 Å². The van der Waals surface area contributed by atoms with Crippen molar-refractivity contribution in [2.75, 3.05) is 27.4 Å². The standard InChI is InChI=1S/C13H19NO5.C10H15NO3.C3H5ClO2/c1-3-18-12(16)19-10-8-11(15)14-13(10)6-4-9(17-2)5-7-13;1-14-7-2-4-10(5-3-7)8(12)6-9(13)11-10;1-2-6-3(4)5/h8-9H,3-7H2,1-2H3,(H,14,15);6-7,12H,2-5H2,1H3,(H,11,13);2H2,1H3. The number of rotatable bonds is 5. The van der Waals surface area contributed by atoms with Crippen molar-refractivity contribution in [1.82, 2.24) is 10.6 Å². The van der Waals surface area contributed by atoms with E-state index in [1.54, 1.807) is 28.1 Å². The van der Waals surface area contributed by atoms with Gasteiger partial charge in [-0.25, -0.2) is 9.59 Å². The third-order valence-electron chi connectivity index (χ3n) is 7.17. The summed E-state index contributed by atoms with van der Waals surface area (Å²) in [4.78, 5) is 43.7. The average Bonchev–Trinajstić information content (AvgIpc) is 3.34. The van der Waals surface area contributed by atoms with Crippen LogP contribution in [-0.4, -0.2) is 79.2 Å².